The molecule has 2 rings (SSSR count). The van der Waals surface area contributed by atoms with Gasteiger partial charge in [0.1, 0.15) is 4.90 Å². The van der Waals surface area contributed by atoms with Crippen LogP contribution in [0.4, 0.5) is 5.69 Å². The molecular weight excluding hydrogens is 264 g/mol. The molecule has 19 heavy (non-hydrogen) atoms. The molecule has 0 amide bonds. The van der Waals surface area contributed by atoms with Crippen molar-refractivity contribution in [3.05, 3.63) is 18.5 Å². The Morgan fingerprint density at radius 2 is 2.21 bits per heavy atom. The molecule has 2 heterocycles. The number of likely N-dealkylation sites (N-methyl/N-ethyl adjacent to an activating group) is 1. The first-order chi connectivity index (χ1) is 8.93. The molecule has 0 aliphatic carbocycles. The van der Waals surface area contributed by atoms with Crippen LogP contribution in [0.5, 0.6) is 0 Å². The summed E-state index contributed by atoms with van der Waals surface area (Å²) in [5, 5.41) is 0. The van der Waals surface area contributed by atoms with Gasteiger partial charge in [0.15, 0.2) is 0 Å². The minimum Gasteiger partial charge on any atom is -0.398 e. The molecule has 1 unspecified atom stereocenters. The van der Waals surface area contributed by atoms with Crippen molar-refractivity contribution in [3.63, 3.8) is 0 Å². The van der Waals surface area contributed by atoms with Crippen molar-refractivity contribution >= 4 is 15.7 Å². The molecule has 1 saturated heterocycles. The fourth-order valence-electron chi connectivity index (χ4n) is 2.31. The Labute approximate surface area is 114 Å². The van der Waals surface area contributed by atoms with E-state index in [2.05, 4.69) is 9.88 Å². The summed E-state index contributed by atoms with van der Waals surface area (Å²) in [4.78, 5) is 6.03. The Kier molecular flexibility index (Phi) is 4.07. The maximum Gasteiger partial charge on any atom is 0.246 e. The predicted molar refractivity (Wildman–Crippen MR) is 74.1 cm³/mol. The van der Waals surface area contributed by atoms with Crippen molar-refractivity contribution in [1.29, 1.82) is 0 Å². The number of rotatable bonds is 3. The van der Waals surface area contributed by atoms with Gasteiger partial charge < -0.3 is 10.6 Å². The van der Waals surface area contributed by atoms with E-state index in [9.17, 15) is 8.42 Å². The molecule has 2 N–H and O–H groups in total. The molecule has 106 valence electrons. The number of nitrogen functional groups attached to an aromatic ring is 1. The van der Waals surface area contributed by atoms with Crippen LogP contribution in [0.2, 0.25) is 0 Å². The van der Waals surface area contributed by atoms with Gasteiger partial charge in [-0.15, -0.1) is 0 Å². The van der Waals surface area contributed by atoms with Crippen molar-refractivity contribution in [3.8, 4) is 0 Å². The molecule has 6 nitrogen and oxygen atoms in total. The molecule has 0 bridgehead atoms. The summed E-state index contributed by atoms with van der Waals surface area (Å²) in [6, 6.07) is 1.77. The van der Waals surface area contributed by atoms with E-state index in [1.165, 1.54) is 22.8 Å². The maximum absolute atomic E-state index is 12.6. The number of hydrogen-bond donors (Lipinski definition) is 1. The lowest BCUT2D eigenvalue weighted by Crippen LogP contribution is -2.47. The standard InChI is InChI=1S/C12H20N4O2S/c1-15(2)10-4-3-7-16(9-10)19(17,18)12-8-14-6-5-11(12)13/h5-6,8,10H,3-4,7,9H2,1-2H3,(H2,13,14). The average molecular weight is 284 g/mol. The number of nitrogens with zero attached hydrogens (tertiary/aromatic N) is 3. The van der Waals surface area contributed by atoms with E-state index < -0.39 is 10.0 Å². The monoisotopic (exact) mass is 284 g/mol. The van der Waals surface area contributed by atoms with Crippen LogP contribution in [0.15, 0.2) is 23.4 Å². The lowest BCUT2D eigenvalue weighted by atomic mass is 10.1. The smallest absolute Gasteiger partial charge is 0.246 e. The summed E-state index contributed by atoms with van der Waals surface area (Å²) in [7, 11) is 0.403. The molecule has 1 aliphatic rings. The Bertz CT molecular complexity index is 544. The Morgan fingerprint density at radius 3 is 2.84 bits per heavy atom. The molecule has 0 spiro atoms. The SMILES string of the molecule is CN(C)C1CCCN(S(=O)(=O)c2cnccc2N)C1. The van der Waals surface area contributed by atoms with E-state index in [-0.39, 0.29) is 16.6 Å². The summed E-state index contributed by atoms with van der Waals surface area (Å²) < 4.78 is 26.6. The van der Waals surface area contributed by atoms with Gasteiger partial charge in [-0.1, -0.05) is 0 Å². The highest BCUT2D eigenvalue weighted by Gasteiger charge is 2.32. The van der Waals surface area contributed by atoms with Gasteiger partial charge >= 0.3 is 0 Å². The van der Waals surface area contributed by atoms with Crippen LogP contribution in [0.1, 0.15) is 12.8 Å². The first-order valence-corrected chi connectivity index (χ1v) is 7.73. The number of anilines is 1. The summed E-state index contributed by atoms with van der Waals surface area (Å²) in [5.74, 6) is 0. The van der Waals surface area contributed by atoms with Crippen LogP contribution in [-0.4, -0.2) is 55.8 Å². The van der Waals surface area contributed by atoms with Crippen LogP contribution in [0.25, 0.3) is 0 Å². The third kappa shape index (κ3) is 2.88. The Morgan fingerprint density at radius 1 is 1.47 bits per heavy atom. The minimum absolute atomic E-state index is 0.106. The number of piperidine rings is 1. The first kappa shape index (κ1) is 14.2. The second-order valence-electron chi connectivity index (χ2n) is 5.04. The van der Waals surface area contributed by atoms with Crippen LogP contribution >= 0.6 is 0 Å². The summed E-state index contributed by atoms with van der Waals surface area (Å²) in [5.41, 5.74) is 6.00. The van der Waals surface area contributed by atoms with Crippen molar-refractivity contribution in [2.45, 2.75) is 23.8 Å². The number of aromatic nitrogens is 1. The largest absolute Gasteiger partial charge is 0.398 e. The zero-order chi connectivity index (χ0) is 14.0. The van der Waals surface area contributed by atoms with Gasteiger partial charge in [0.25, 0.3) is 0 Å². The summed E-state index contributed by atoms with van der Waals surface area (Å²) in [6.07, 6.45) is 4.70. The highest BCUT2D eigenvalue weighted by molar-refractivity contribution is 7.89. The molecule has 1 aromatic heterocycles. The highest BCUT2D eigenvalue weighted by Crippen LogP contribution is 2.25. The third-order valence-electron chi connectivity index (χ3n) is 3.52. The van der Waals surface area contributed by atoms with Crippen molar-refractivity contribution in [1.82, 2.24) is 14.2 Å². The number of pyridine rings is 1. The maximum atomic E-state index is 12.6. The molecule has 1 atom stereocenters. The lowest BCUT2D eigenvalue weighted by Gasteiger charge is -2.35. The zero-order valence-electron chi connectivity index (χ0n) is 11.3. The van der Waals surface area contributed by atoms with Crippen LogP contribution in [-0.2, 0) is 10.0 Å². The van der Waals surface area contributed by atoms with Gasteiger partial charge in [-0.25, -0.2) is 8.42 Å². The van der Waals surface area contributed by atoms with Gasteiger partial charge in [-0.2, -0.15) is 4.31 Å². The van der Waals surface area contributed by atoms with Gasteiger partial charge in [0, 0.05) is 31.5 Å². The predicted octanol–water partition coefficient (Wildman–Crippen LogP) is 0.378. The van der Waals surface area contributed by atoms with Crippen molar-refractivity contribution < 1.29 is 8.42 Å². The second kappa shape index (κ2) is 5.44. The lowest BCUT2D eigenvalue weighted by molar-refractivity contribution is 0.190. The molecule has 1 aliphatic heterocycles. The normalized spacial score (nSPS) is 21.7. The van der Waals surface area contributed by atoms with Gasteiger partial charge in [0.05, 0.1) is 5.69 Å². The van der Waals surface area contributed by atoms with E-state index in [0.717, 1.165) is 12.8 Å². The molecule has 0 aromatic carbocycles. The molecule has 1 fully saturated rings. The fraction of sp³-hybridized carbons (Fsp3) is 0.583. The molecule has 0 radical (unpaired) electrons. The Hall–Kier alpha value is -1.18. The highest BCUT2D eigenvalue weighted by atomic mass is 32.2. The van der Waals surface area contributed by atoms with Crippen LogP contribution < -0.4 is 5.73 Å². The van der Waals surface area contributed by atoms with Crippen LogP contribution in [0.3, 0.4) is 0 Å². The second-order valence-corrected chi connectivity index (χ2v) is 6.94. The van der Waals surface area contributed by atoms with Crippen LogP contribution in [0, 0.1) is 0 Å². The quantitative estimate of drug-likeness (QED) is 0.868. The number of hydrogen-bond acceptors (Lipinski definition) is 5. The third-order valence-corrected chi connectivity index (χ3v) is 5.43. The molecule has 0 saturated carbocycles. The van der Waals surface area contributed by atoms with E-state index in [1.54, 1.807) is 0 Å². The summed E-state index contributed by atoms with van der Waals surface area (Å²) in [6.45, 7) is 1.05. The topological polar surface area (TPSA) is 79.5 Å². The zero-order valence-corrected chi connectivity index (χ0v) is 12.1. The Balaban J connectivity index is 2.28. The van der Waals surface area contributed by atoms with E-state index in [0.29, 0.717) is 13.1 Å². The van der Waals surface area contributed by atoms with Gasteiger partial charge in [0.2, 0.25) is 10.0 Å². The molecular formula is C12H20N4O2S. The molecule has 1 aromatic rings. The number of sulfonamides is 1. The van der Waals surface area contributed by atoms with E-state index in [1.807, 2.05) is 14.1 Å². The summed E-state index contributed by atoms with van der Waals surface area (Å²) >= 11 is 0. The van der Waals surface area contributed by atoms with Gasteiger partial charge in [-0.05, 0) is 33.0 Å². The fourth-order valence-corrected chi connectivity index (χ4v) is 3.88. The van der Waals surface area contributed by atoms with Crippen molar-refractivity contribution in [2.24, 2.45) is 0 Å². The van der Waals surface area contributed by atoms with E-state index >= 15 is 0 Å². The minimum atomic E-state index is -3.54. The van der Waals surface area contributed by atoms with Crippen molar-refractivity contribution in [2.75, 3.05) is 32.9 Å². The average Bonchev–Trinajstić information content (AvgIpc) is 2.39. The number of nitrogens with two attached hydrogens (primary N) is 1. The molecule has 7 heteroatoms. The van der Waals surface area contributed by atoms with E-state index in [4.69, 9.17) is 5.73 Å². The van der Waals surface area contributed by atoms with Gasteiger partial charge in [-0.3, -0.25) is 4.98 Å². The first-order valence-electron chi connectivity index (χ1n) is 6.29.